The van der Waals surface area contributed by atoms with Crippen molar-refractivity contribution in [1.29, 1.82) is 0 Å². The van der Waals surface area contributed by atoms with Crippen molar-refractivity contribution in [2.75, 3.05) is 24.7 Å². The van der Waals surface area contributed by atoms with Crippen LogP contribution in [0.15, 0.2) is 11.6 Å². The van der Waals surface area contributed by atoms with Gasteiger partial charge < -0.3 is 5.32 Å². The Bertz CT molecular complexity index is 333. The summed E-state index contributed by atoms with van der Waals surface area (Å²) in [5.41, 5.74) is 0. The van der Waals surface area contributed by atoms with Gasteiger partial charge in [0.2, 0.25) is 10.0 Å². The minimum Gasteiger partial charge on any atom is -0.360 e. The highest BCUT2D eigenvalue weighted by atomic mass is 32.2. The molecule has 0 fully saturated rings. The smallest absolute Gasteiger partial charge is 0.208 e. The van der Waals surface area contributed by atoms with E-state index in [4.69, 9.17) is 0 Å². The van der Waals surface area contributed by atoms with Gasteiger partial charge in [-0.05, 0) is 0 Å². The molecule has 0 unspecified atom stereocenters. The van der Waals surface area contributed by atoms with Gasteiger partial charge in [0.1, 0.15) is 0 Å². The molecule has 0 spiro atoms. The van der Waals surface area contributed by atoms with Crippen molar-refractivity contribution in [3.05, 3.63) is 11.6 Å². The summed E-state index contributed by atoms with van der Waals surface area (Å²) in [4.78, 5) is 3.98. The van der Waals surface area contributed by atoms with Gasteiger partial charge in [-0.25, -0.2) is 18.1 Å². The third kappa shape index (κ3) is 4.81. The predicted molar refractivity (Wildman–Crippen MR) is 53.5 cm³/mol. The lowest BCUT2D eigenvalue weighted by atomic mass is 10.7. The maximum atomic E-state index is 10.6. The Labute approximate surface area is 81.2 Å². The molecule has 0 bridgehead atoms. The zero-order chi connectivity index (χ0) is 9.73. The third-order valence-corrected chi connectivity index (χ3v) is 2.66. The lowest BCUT2D eigenvalue weighted by molar-refractivity contribution is 0.589. The van der Waals surface area contributed by atoms with E-state index >= 15 is 0 Å². The Hall–Kier alpha value is -0.660. The molecule has 2 N–H and O–H groups in total. The fourth-order valence-corrected chi connectivity index (χ4v) is 1.75. The van der Waals surface area contributed by atoms with Crippen LogP contribution in [0.3, 0.4) is 0 Å². The summed E-state index contributed by atoms with van der Waals surface area (Å²) in [7, 11) is -3.07. The second kappa shape index (κ2) is 4.54. The number of hydrogen-bond donors (Lipinski definition) is 2. The summed E-state index contributed by atoms with van der Waals surface area (Å²) in [6.07, 6.45) is 2.83. The van der Waals surface area contributed by atoms with Gasteiger partial charge in [0.15, 0.2) is 5.13 Å². The van der Waals surface area contributed by atoms with E-state index in [9.17, 15) is 8.42 Å². The first-order valence-corrected chi connectivity index (χ1v) is 6.43. The lowest BCUT2D eigenvalue weighted by Crippen LogP contribution is -2.27. The van der Waals surface area contributed by atoms with E-state index in [0.29, 0.717) is 13.1 Å². The van der Waals surface area contributed by atoms with Gasteiger partial charge >= 0.3 is 0 Å². The molecule has 0 aliphatic heterocycles. The minimum atomic E-state index is -3.07. The highest BCUT2D eigenvalue weighted by Crippen LogP contribution is 2.08. The molecule has 0 aliphatic carbocycles. The van der Waals surface area contributed by atoms with Gasteiger partial charge in [-0.1, -0.05) is 0 Å². The lowest BCUT2D eigenvalue weighted by Gasteiger charge is -2.02. The first-order valence-electron chi connectivity index (χ1n) is 3.66. The number of sulfonamides is 1. The molecule has 1 aromatic heterocycles. The monoisotopic (exact) mass is 221 g/mol. The Morgan fingerprint density at radius 2 is 2.31 bits per heavy atom. The summed E-state index contributed by atoms with van der Waals surface area (Å²) in [5.74, 6) is 0. The number of hydrogen-bond acceptors (Lipinski definition) is 5. The fraction of sp³-hybridized carbons (Fsp3) is 0.500. The zero-order valence-electron chi connectivity index (χ0n) is 7.15. The highest BCUT2D eigenvalue weighted by molar-refractivity contribution is 7.88. The van der Waals surface area contributed by atoms with E-state index in [1.165, 1.54) is 11.3 Å². The van der Waals surface area contributed by atoms with Gasteiger partial charge in [0, 0.05) is 24.7 Å². The van der Waals surface area contributed by atoms with Crippen molar-refractivity contribution in [3.63, 3.8) is 0 Å². The van der Waals surface area contributed by atoms with Crippen LogP contribution in [0.4, 0.5) is 5.13 Å². The summed E-state index contributed by atoms with van der Waals surface area (Å²) >= 11 is 1.48. The molecule has 0 aliphatic rings. The van der Waals surface area contributed by atoms with Crippen molar-refractivity contribution in [1.82, 2.24) is 9.71 Å². The number of aromatic nitrogens is 1. The number of anilines is 1. The maximum absolute atomic E-state index is 10.6. The Balaban J connectivity index is 2.16. The van der Waals surface area contributed by atoms with Crippen molar-refractivity contribution >= 4 is 26.5 Å². The Morgan fingerprint density at radius 3 is 2.85 bits per heavy atom. The Kier molecular flexibility index (Phi) is 3.64. The molecule has 0 aromatic carbocycles. The number of rotatable bonds is 5. The SMILES string of the molecule is CS(=O)(=O)NCCNc1nccs1. The zero-order valence-corrected chi connectivity index (χ0v) is 8.78. The van der Waals surface area contributed by atoms with E-state index in [1.54, 1.807) is 6.20 Å². The van der Waals surface area contributed by atoms with Crippen molar-refractivity contribution < 1.29 is 8.42 Å². The molecule has 7 heteroatoms. The average molecular weight is 221 g/mol. The van der Waals surface area contributed by atoms with Crippen molar-refractivity contribution in [3.8, 4) is 0 Å². The highest BCUT2D eigenvalue weighted by Gasteiger charge is 1.98. The first-order chi connectivity index (χ1) is 6.08. The summed E-state index contributed by atoms with van der Waals surface area (Å²) < 4.78 is 23.7. The van der Waals surface area contributed by atoms with Gasteiger partial charge in [0.05, 0.1) is 6.26 Å². The van der Waals surface area contributed by atoms with Crippen molar-refractivity contribution in [2.45, 2.75) is 0 Å². The predicted octanol–water partition coefficient (Wildman–Crippen LogP) is 0.104. The largest absolute Gasteiger partial charge is 0.360 e. The van der Waals surface area contributed by atoms with Crippen LogP contribution >= 0.6 is 11.3 Å². The molecule has 0 amide bonds. The molecule has 0 radical (unpaired) electrons. The second-order valence-electron chi connectivity index (χ2n) is 2.43. The third-order valence-electron chi connectivity index (χ3n) is 1.20. The fourth-order valence-electron chi connectivity index (χ4n) is 0.717. The number of thiazole rings is 1. The second-order valence-corrected chi connectivity index (χ2v) is 5.16. The molecule has 13 heavy (non-hydrogen) atoms. The molecule has 74 valence electrons. The normalized spacial score (nSPS) is 11.5. The first kappa shape index (κ1) is 10.4. The van der Waals surface area contributed by atoms with E-state index in [-0.39, 0.29) is 0 Å². The van der Waals surface area contributed by atoms with Gasteiger partial charge in [-0.15, -0.1) is 11.3 Å². The molecule has 5 nitrogen and oxygen atoms in total. The minimum absolute atomic E-state index is 0.373. The standard InChI is InChI=1S/C6H11N3O2S2/c1-13(10,11)9-3-2-7-6-8-4-5-12-6/h4-5,9H,2-3H2,1H3,(H,7,8). The van der Waals surface area contributed by atoms with Gasteiger partial charge in [-0.2, -0.15) is 0 Å². The Morgan fingerprint density at radius 1 is 1.54 bits per heavy atom. The van der Waals surface area contributed by atoms with E-state index in [2.05, 4.69) is 15.0 Å². The van der Waals surface area contributed by atoms with Crippen LogP contribution in [0.5, 0.6) is 0 Å². The maximum Gasteiger partial charge on any atom is 0.208 e. The van der Waals surface area contributed by atoms with Crippen LogP contribution in [0, 0.1) is 0 Å². The van der Waals surface area contributed by atoms with E-state index in [1.807, 2.05) is 5.38 Å². The van der Waals surface area contributed by atoms with Crippen LogP contribution in [0.2, 0.25) is 0 Å². The van der Waals surface area contributed by atoms with E-state index < -0.39 is 10.0 Å². The molecule has 0 saturated carbocycles. The molecule has 0 atom stereocenters. The number of nitrogens with zero attached hydrogens (tertiary/aromatic N) is 1. The molecule has 1 heterocycles. The van der Waals surface area contributed by atoms with Crippen LogP contribution in [-0.2, 0) is 10.0 Å². The van der Waals surface area contributed by atoms with Crippen LogP contribution in [0.1, 0.15) is 0 Å². The summed E-state index contributed by atoms with van der Waals surface area (Å²) in [6, 6.07) is 0. The summed E-state index contributed by atoms with van der Waals surface area (Å²) in [6.45, 7) is 0.916. The van der Waals surface area contributed by atoms with E-state index in [0.717, 1.165) is 11.4 Å². The van der Waals surface area contributed by atoms with Crippen LogP contribution < -0.4 is 10.0 Å². The topological polar surface area (TPSA) is 71.1 Å². The summed E-state index contributed by atoms with van der Waals surface area (Å²) in [5, 5.41) is 5.63. The molecular weight excluding hydrogens is 210 g/mol. The average Bonchev–Trinajstić information content (AvgIpc) is 2.48. The molecule has 0 saturated heterocycles. The van der Waals surface area contributed by atoms with Gasteiger partial charge in [-0.3, -0.25) is 0 Å². The van der Waals surface area contributed by atoms with Crippen LogP contribution in [0.25, 0.3) is 0 Å². The van der Waals surface area contributed by atoms with Crippen molar-refractivity contribution in [2.24, 2.45) is 0 Å². The quantitative estimate of drug-likeness (QED) is 0.692. The molecule has 1 aromatic rings. The van der Waals surface area contributed by atoms with Crippen LogP contribution in [-0.4, -0.2) is 32.7 Å². The number of nitrogens with one attached hydrogen (secondary N) is 2. The molecular formula is C6H11N3O2S2. The van der Waals surface area contributed by atoms with Gasteiger partial charge in [0.25, 0.3) is 0 Å². The molecule has 1 rings (SSSR count).